The van der Waals surface area contributed by atoms with E-state index in [4.69, 9.17) is 0 Å². The number of fused-ring (bicyclic) bond motifs is 1. The largest absolute Gasteiger partial charge is 0.296 e. The van der Waals surface area contributed by atoms with Gasteiger partial charge in [-0.15, -0.1) is 0 Å². The average Bonchev–Trinajstić information content (AvgIpc) is 2.98. The van der Waals surface area contributed by atoms with Gasteiger partial charge in [-0.25, -0.2) is 22.5 Å². The Hall–Kier alpha value is -3.15. The summed E-state index contributed by atoms with van der Waals surface area (Å²) >= 11 is 0. The van der Waals surface area contributed by atoms with Crippen molar-refractivity contribution in [2.45, 2.75) is 6.42 Å². The van der Waals surface area contributed by atoms with Gasteiger partial charge in [0.2, 0.25) is 0 Å². The van der Waals surface area contributed by atoms with Gasteiger partial charge in [0.15, 0.2) is 23.3 Å². The molecule has 0 N–H and O–H groups in total. The Morgan fingerprint density at radius 3 is 2.15 bits per heavy atom. The minimum absolute atomic E-state index is 0.199. The Labute approximate surface area is 146 Å². The lowest BCUT2D eigenvalue weighted by Gasteiger charge is -2.10. The summed E-state index contributed by atoms with van der Waals surface area (Å²) in [7, 11) is 0. The molecular formula is C20H12F4N2. The number of para-hydroxylation sites is 2. The first-order chi connectivity index (χ1) is 12.5. The van der Waals surface area contributed by atoms with Crippen LogP contribution in [0.5, 0.6) is 0 Å². The maximum atomic E-state index is 13.7. The highest BCUT2D eigenvalue weighted by Crippen LogP contribution is 2.25. The summed E-state index contributed by atoms with van der Waals surface area (Å²) in [5, 5.41) is 0. The van der Waals surface area contributed by atoms with E-state index in [0.29, 0.717) is 28.1 Å². The molecule has 0 saturated heterocycles. The van der Waals surface area contributed by atoms with Gasteiger partial charge in [0.05, 0.1) is 16.7 Å². The molecule has 130 valence electrons. The fourth-order valence-corrected chi connectivity index (χ4v) is 2.94. The van der Waals surface area contributed by atoms with Crippen LogP contribution in [0, 0.1) is 23.3 Å². The van der Waals surface area contributed by atoms with Gasteiger partial charge in [0.25, 0.3) is 0 Å². The molecule has 0 aliphatic carbocycles. The van der Waals surface area contributed by atoms with E-state index in [1.165, 1.54) is 12.1 Å². The molecule has 0 atom stereocenters. The lowest BCUT2D eigenvalue weighted by atomic mass is 10.1. The fourth-order valence-electron chi connectivity index (χ4n) is 2.94. The van der Waals surface area contributed by atoms with E-state index in [1.807, 2.05) is 12.1 Å². The normalized spacial score (nSPS) is 11.2. The maximum absolute atomic E-state index is 13.7. The molecule has 6 heteroatoms. The zero-order valence-corrected chi connectivity index (χ0v) is 13.4. The second kappa shape index (κ2) is 6.29. The van der Waals surface area contributed by atoms with Gasteiger partial charge in [0.1, 0.15) is 5.82 Å². The van der Waals surface area contributed by atoms with Crippen LogP contribution in [0.1, 0.15) is 11.4 Å². The third-order valence-corrected chi connectivity index (χ3v) is 4.14. The first-order valence-electron chi connectivity index (χ1n) is 7.88. The second-order valence-electron chi connectivity index (χ2n) is 5.88. The molecule has 2 nitrogen and oxygen atoms in total. The zero-order chi connectivity index (χ0) is 18.3. The highest BCUT2D eigenvalue weighted by molar-refractivity contribution is 5.78. The second-order valence-corrected chi connectivity index (χ2v) is 5.88. The first-order valence-corrected chi connectivity index (χ1v) is 7.88. The topological polar surface area (TPSA) is 17.8 Å². The van der Waals surface area contributed by atoms with Crippen molar-refractivity contribution in [1.29, 1.82) is 0 Å². The smallest absolute Gasteiger partial charge is 0.160 e. The van der Waals surface area contributed by atoms with Gasteiger partial charge in [-0.05, 0) is 42.0 Å². The number of imidazole rings is 1. The molecule has 0 amide bonds. The van der Waals surface area contributed by atoms with Gasteiger partial charge in [0, 0.05) is 12.5 Å². The monoisotopic (exact) mass is 356 g/mol. The van der Waals surface area contributed by atoms with Crippen molar-refractivity contribution < 1.29 is 17.6 Å². The molecule has 0 radical (unpaired) electrons. The molecule has 1 aromatic heterocycles. The van der Waals surface area contributed by atoms with Crippen molar-refractivity contribution in [2.75, 3.05) is 0 Å². The third-order valence-electron chi connectivity index (χ3n) is 4.14. The molecular weight excluding hydrogens is 344 g/mol. The number of halogens is 4. The van der Waals surface area contributed by atoms with E-state index in [1.54, 1.807) is 16.7 Å². The molecule has 4 aromatic rings. The molecule has 26 heavy (non-hydrogen) atoms. The highest BCUT2D eigenvalue weighted by atomic mass is 19.2. The van der Waals surface area contributed by atoms with Gasteiger partial charge in [-0.3, -0.25) is 4.57 Å². The number of nitrogens with zero attached hydrogens (tertiary/aromatic N) is 2. The summed E-state index contributed by atoms with van der Waals surface area (Å²) in [6.45, 7) is 0. The first kappa shape index (κ1) is 16.3. The Kier molecular flexibility index (Phi) is 3.95. The van der Waals surface area contributed by atoms with E-state index < -0.39 is 23.3 Å². The lowest BCUT2D eigenvalue weighted by Crippen LogP contribution is -2.04. The van der Waals surface area contributed by atoms with Crippen molar-refractivity contribution in [3.8, 4) is 5.69 Å². The van der Waals surface area contributed by atoms with Crippen molar-refractivity contribution >= 4 is 11.0 Å². The summed E-state index contributed by atoms with van der Waals surface area (Å²) < 4.78 is 55.4. The van der Waals surface area contributed by atoms with Crippen molar-refractivity contribution in [1.82, 2.24) is 9.55 Å². The maximum Gasteiger partial charge on any atom is 0.160 e. The SMILES string of the molecule is Fc1ccc(Cc2nc3ccccc3n2-c2ccc(F)c(F)c2)cc1F. The van der Waals surface area contributed by atoms with Crippen LogP contribution in [0.25, 0.3) is 16.7 Å². The van der Waals surface area contributed by atoms with Crippen molar-refractivity contribution in [3.63, 3.8) is 0 Å². The zero-order valence-electron chi connectivity index (χ0n) is 13.4. The number of aromatic nitrogens is 2. The highest BCUT2D eigenvalue weighted by Gasteiger charge is 2.15. The minimum Gasteiger partial charge on any atom is -0.296 e. The third kappa shape index (κ3) is 2.83. The van der Waals surface area contributed by atoms with Crippen molar-refractivity contribution in [2.24, 2.45) is 0 Å². The van der Waals surface area contributed by atoms with Crippen LogP contribution in [-0.2, 0) is 6.42 Å². The molecule has 0 aliphatic heterocycles. The molecule has 0 aliphatic rings. The Bertz CT molecular complexity index is 1120. The van der Waals surface area contributed by atoms with E-state index in [2.05, 4.69) is 4.98 Å². The molecule has 0 fully saturated rings. The Balaban J connectivity index is 1.88. The van der Waals surface area contributed by atoms with E-state index in [-0.39, 0.29) is 6.42 Å². The number of hydrogen-bond donors (Lipinski definition) is 0. The predicted molar refractivity (Wildman–Crippen MR) is 90.2 cm³/mol. The Morgan fingerprint density at radius 1 is 0.731 bits per heavy atom. The summed E-state index contributed by atoms with van der Waals surface area (Å²) in [5.41, 5.74) is 2.28. The quantitative estimate of drug-likeness (QED) is 0.463. The van der Waals surface area contributed by atoms with E-state index in [0.717, 1.165) is 24.3 Å². The van der Waals surface area contributed by atoms with Crippen LogP contribution >= 0.6 is 0 Å². The van der Waals surface area contributed by atoms with Crippen molar-refractivity contribution in [3.05, 3.63) is 95.3 Å². The molecule has 4 rings (SSSR count). The molecule has 3 aromatic carbocycles. The number of rotatable bonds is 3. The van der Waals surface area contributed by atoms with E-state index >= 15 is 0 Å². The number of hydrogen-bond acceptors (Lipinski definition) is 1. The van der Waals surface area contributed by atoms with Gasteiger partial charge >= 0.3 is 0 Å². The van der Waals surface area contributed by atoms with Crippen LogP contribution < -0.4 is 0 Å². The van der Waals surface area contributed by atoms with Gasteiger partial charge in [-0.2, -0.15) is 0 Å². The standard InChI is InChI=1S/C20H12F4N2/c21-14-7-5-12(9-16(14)23)10-20-25-18-3-1-2-4-19(18)26(20)13-6-8-15(22)17(24)11-13/h1-9,11H,10H2. The Morgan fingerprint density at radius 2 is 1.42 bits per heavy atom. The molecule has 1 heterocycles. The van der Waals surface area contributed by atoms with Crippen LogP contribution in [-0.4, -0.2) is 9.55 Å². The van der Waals surface area contributed by atoms with E-state index in [9.17, 15) is 17.6 Å². The average molecular weight is 356 g/mol. The van der Waals surface area contributed by atoms with Crippen LogP contribution in [0.2, 0.25) is 0 Å². The minimum atomic E-state index is -0.973. The molecule has 0 unspecified atom stereocenters. The molecule has 0 saturated carbocycles. The van der Waals surface area contributed by atoms with Gasteiger partial charge in [-0.1, -0.05) is 18.2 Å². The van der Waals surface area contributed by atoms with Crippen LogP contribution in [0.4, 0.5) is 17.6 Å². The fraction of sp³-hybridized carbons (Fsp3) is 0.0500. The van der Waals surface area contributed by atoms with Gasteiger partial charge < -0.3 is 0 Å². The summed E-state index contributed by atoms with van der Waals surface area (Å²) in [5.74, 6) is -3.29. The summed E-state index contributed by atoms with van der Waals surface area (Å²) in [4.78, 5) is 4.52. The lowest BCUT2D eigenvalue weighted by molar-refractivity contribution is 0.507. The van der Waals surface area contributed by atoms with Crippen LogP contribution in [0.3, 0.4) is 0 Å². The predicted octanol–water partition coefficient (Wildman–Crippen LogP) is 5.17. The summed E-state index contributed by atoms with van der Waals surface area (Å²) in [6, 6.07) is 14.4. The number of benzene rings is 3. The molecule has 0 spiro atoms. The summed E-state index contributed by atoms with van der Waals surface area (Å²) in [6.07, 6.45) is 0.199. The van der Waals surface area contributed by atoms with Crippen LogP contribution in [0.15, 0.2) is 60.7 Å². The molecule has 0 bridgehead atoms.